The fourth-order valence-electron chi connectivity index (χ4n) is 4.69. The van der Waals surface area contributed by atoms with Gasteiger partial charge in [-0.15, -0.1) is 0 Å². The van der Waals surface area contributed by atoms with E-state index in [9.17, 15) is 31.6 Å². The maximum absolute atomic E-state index is 13.7. The van der Waals surface area contributed by atoms with E-state index in [1.54, 1.807) is 28.4 Å². The summed E-state index contributed by atoms with van der Waals surface area (Å²) in [6.45, 7) is 0.250. The molecule has 1 aromatic heterocycles. The number of fused-ring (bicyclic) bond motifs is 1. The van der Waals surface area contributed by atoms with Crippen LogP contribution in [0.3, 0.4) is 0 Å². The normalized spacial score (nSPS) is 14.5. The first-order valence-corrected chi connectivity index (χ1v) is 15.1. The van der Waals surface area contributed by atoms with Crippen LogP contribution in [0.15, 0.2) is 72.9 Å². The molecule has 224 valence electrons. The van der Waals surface area contributed by atoms with Gasteiger partial charge in [-0.1, -0.05) is 36.4 Å². The van der Waals surface area contributed by atoms with Gasteiger partial charge in [-0.2, -0.15) is 13.9 Å². The van der Waals surface area contributed by atoms with E-state index >= 15 is 0 Å². The molecular formula is C29H28F2N6O5S. The van der Waals surface area contributed by atoms with E-state index in [-0.39, 0.29) is 42.7 Å². The molecule has 2 heterocycles. The second-order valence-electron chi connectivity index (χ2n) is 10.0. The Morgan fingerprint density at radius 1 is 0.930 bits per heavy atom. The fraction of sp³-hybridized carbons (Fsp3) is 0.241. The number of nitrogens with one attached hydrogen (secondary N) is 2. The second kappa shape index (κ2) is 12.2. The molecule has 43 heavy (non-hydrogen) atoms. The number of halogens is 2. The van der Waals surface area contributed by atoms with Crippen molar-refractivity contribution >= 4 is 44.3 Å². The third-order valence-corrected chi connectivity index (χ3v) is 8.77. The number of alkyl halides is 2. The molecule has 1 fully saturated rings. The van der Waals surface area contributed by atoms with Crippen molar-refractivity contribution in [2.24, 2.45) is 7.05 Å². The molecule has 0 bridgehead atoms. The molecule has 5 rings (SSSR count). The minimum atomic E-state index is -3.27. The third kappa shape index (κ3) is 6.80. The number of carbonyl (C=O) groups excluding carboxylic acids is 3. The average Bonchev–Trinajstić information content (AvgIpc) is 3.38. The van der Waals surface area contributed by atoms with Gasteiger partial charge in [0.05, 0.1) is 29.8 Å². The molecule has 4 aromatic rings. The Hall–Kier alpha value is -4.85. The lowest BCUT2D eigenvalue weighted by Gasteiger charge is -2.33. The predicted octanol–water partition coefficient (Wildman–Crippen LogP) is 3.12. The summed E-state index contributed by atoms with van der Waals surface area (Å²) in [5.41, 5.74) is 7.78. The lowest BCUT2D eigenvalue weighted by Crippen LogP contribution is -2.49. The molecule has 1 saturated heterocycles. The van der Waals surface area contributed by atoms with Gasteiger partial charge in [0.1, 0.15) is 0 Å². The molecule has 0 spiro atoms. The molecule has 1 aliphatic rings. The molecule has 3 aromatic carbocycles. The molecule has 1 aliphatic heterocycles. The first kappa shape index (κ1) is 29.6. The smallest absolute Gasteiger partial charge is 0.322 e. The minimum absolute atomic E-state index is 0.0733. The third-order valence-electron chi connectivity index (χ3n) is 7.16. The highest BCUT2D eigenvalue weighted by molar-refractivity contribution is 7.91. The van der Waals surface area contributed by atoms with Gasteiger partial charge < -0.3 is 4.90 Å². The summed E-state index contributed by atoms with van der Waals surface area (Å²) >= 11 is 0. The highest BCUT2D eigenvalue weighted by atomic mass is 32.2. The van der Waals surface area contributed by atoms with Crippen molar-refractivity contribution in [3.05, 3.63) is 84.1 Å². The Morgan fingerprint density at radius 2 is 1.58 bits per heavy atom. The molecule has 0 radical (unpaired) electrons. The summed E-state index contributed by atoms with van der Waals surface area (Å²) in [4.78, 5) is 40.0. The summed E-state index contributed by atoms with van der Waals surface area (Å²) in [7, 11) is -1.33. The van der Waals surface area contributed by atoms with Crippen LogP contribution in [0.25, 0.3) is 22.0 Å². The number of aromatic nitrogens is 2. The van der Waals surface area contributed by atoms with Crippen LogP contribution in [0, 0.1) is 0 Å². The number of hydrogen-bond acceptors (Lipinski definition) is 6. The Labute approximate surface area is 246 Å². The summed E-state index contributed by atoms with van der Waals surface area (Å²) in [6, 6.07) is 19.1. The zero-order valence-electron chi connectivity index (χ0n) is 23.0. The zero-order chi connectivity index (χ0) is 30.7. The number of carbonyl (C=O) groups is 3. The molecule has 0 saturated carbocycles. The van der Waals surface area contributed by atoms with Crippen LogP contribution >= 0.6 is 0 Å². The number of hydrazine groups is 1. The van der Waals surface area contributed by atoms with Gasteiger partial charge in [0.2, 0.25) is 0 Å². The number of amides is 4. The number of aryl methyl sites for hydroxylation is 1. The number of rotatable bonds is 6. The van der Waals surface area contributed by atoms with Crippen molar-refractivity contribution in [3.8, 4) is 11.1 Å². The number of hydrogen-bond donors (Lipinski definition) is 2. The van der Waals surface area contributed by atoms with E-state index in [2.05, 4.69) is 5.10 Å². The highest BCUT2D eigenvalue weighted by Gasteiger charge is 2.29. The molecule has 0 unspecified atom stereocenters. The molecule has 11 nitrogen and oxygen atoms in total. The number of urea groups is 1. The van der Waals surface area contributed by atoms with Crippen LogP contribution in [0.4, 0.5) is 19.3 Å². The number of nitrogens with zero attached hydrogens (tertiary/aromatic N) is 4. The van der Waals surface area contributed by atoms with Gasteiger partial charge in [-0.25, -0.2) is 13.2 Å². The zero-order valence-corrected chi connectivity index (χ0v) is 23.9. The lowest BCUT2D eigenvalue weighted by molar-refractivity contribution is -0.132. The Morgan fingerprint density at radius 3 is 2.23 bits per heavy atom. The first-order chi connectivity index (χ1) is 20.5. The van der Waals surface area contributed by atoms with Gasteiger partial charge in [-0.05, 0) is 47.0 Å². The molecule has 4 amide bonds. The largest absolute Gasteiger partial charge is 0.324 e. The van der Waals surface area contributed by atoms with E-state index in [0.717, 1.165) is 22.0 Å². The van der Waals surface area contributed by atoms with Crippen molar-refractivity contribution < 1.29 is 31.6 Å². The molecule has 0 atom stereocenters. The van der Waals surface area contributed by atoms with Gasteiger partial charge in [-0.3, -0.25) is 30.0 Å². The number of sulfone groups is 1. The summed E-state index contributed by atoms with van der Waals surface area (Å²) < 4.78 is 50.5. The lowest BCUT2D eigenvalue weighted by atomic mass is 10.0. The minimum Gasteiger partial charge on any atom is -0.322 e. The standard InChI is InChI=1S/C29H28F2N6O5S/c1-35-25-16-22(6-7-23(25)17-32-35)20-8-10-24(11-9-20)37(29(40)36-12-14-43(41,42)15-13-36)18-19-2-4-21(5-3-19)27(38)33-34-28(39)26(30)31/h2-11,16-17,26H,12-15,18H2,1H3,(H,33,38)(H,34,39). The van der Waals surface area contributed by atoms with Crippen LogP contribution in [0.2, 0.25) is 0 Å². The molecule has 2 N–H and O–H groups in total. The van der Waals surface area contributed by atoms with Crippen molar-refractivity contribution in [2.45, 2.75) is 13.0 Å². The number of benzene rings is 3. The SMILES string of the molecule is Cn1ncc2ccc(-c3ccc(N(Cc4ccc(C(=O)NNC(=O)C(F)F)cc4)C(=O)N4CCS(=O)(=O)CC4)cc3)cc21. The van der Waals surface area contributed by atoms with Crippen molar-refractivity contribution in [2.75, 3.05) is 29.5 Å². The molecule has 14 heteroatoms. The van der Waals surface area contributed by atoms with Crippen molar-refractivity contribution in [1.82, 2.24) is 25.5 Å². The maximum atomic E-state index is 13.7. The quantitative estimate of drug-likeness (QED) is 0.323. The summed E-state index contributed by atoms with van der Waals surface area (Å²) in [6.07, 6.45) is -1.48. The van der Waals surface area contributed by atoms with Crippen LogP contribution in [0.5, 0.6) is 0 Å². The van der Waals surface area contributed by atoms with Gasteiger partial charge in [0.15, 0.2) is 9.84 Å². The first-order valence-electron chi connectivity index (χ1n) is 13.3. The van der Waals surface area contributed by atoms with Gasteiger partial charge in [0, 0.05) is 36.8 Å². The average molecular weight is 611 g/mol. The van der Waals surface area contributed by atoms with Crippen molar-refractivity contribution in [3.63, 3.8) is 0 Å². The molecule has 0 aliphatic carbocycles. The summed E-state index contributed by atoms with van der Waals surface area (Å²) in [5, 5.41) is 5.30. The van der Waals surface area contributed by atoms with Crippen LogP contribution in [-0.2, 0) is 28.2 Å². The van der Waals surface area contributed by atoms with Gasteiger partial charge >= 0.3 is 18.4 Å². The number of anilines is 1. The van der Waals surface area contributed by atoms with E-state index in [0.29, 0.717) is 11.3 Å². The van der Waals surface area contributed by atoms with Crippen LogP contribution in [0.1, 0.15) is 15.9 Å². The Balaban J connectivity index is 1.37. The Kier molecular flexibility index (Phi) is 8.39. The monoisotopic (exact) mass is 610 g/mol. The molecular weight excluding hydrogens is 582 g/mol. The predicted molar refractivity (Wildman–Crippen MR) is 156 cm³/mol. The van der Waals surface area contributed by atoms with Crippen LogP contribution in [-0.4, -0.2) is 72.0 Å². The van der Waals surface area contributed by atoms with Crippen LogP contribution < -0.4 is 15.8 Å². The second-order valence-corrected chi connectivity index (χ2v) is 12.3. The fourth-order valence-corrected chi connectivity index (χ4v) is 5.89. The topological polar surface area (TPSA) is 134 Å². The van der Waals surface area contributed by atoms with E-state index in [4.69, 9.17) is 0 Å². The Bertz CT molecular complexity index is 1760. The maximum Gasteiger partial charge on any atom is 0.324 e. The van der Waals surface area contributed by atoms with Gasteiger partial charge in [0.25, 0.3) is 5.91 Å². The van der Waals surface area contributed by atoms with Crippen molar-refractivity contribution in [1.29, 1.82) is 0 Å². The highest BCUT2D eigenvalue weighted by Crippen LogP contribution is 2.28. The van der Waals surface area contributed by atoms with E-state index in [1.165, 1.54) is 21.9 Å². The van der Waals surface area contributed by atoms with E-state index < -0.39 is 28.1 Å². The summed E-state index contributed by atoms with van der Waals surface area (Å²) in [5.74, 6) is -2.65. The van der Waals surface area contributed by atoms with E-state index in [1.807, 2.05) is 54.9 Å².